The van der Waals surface area contributed by atoms with E-state index in [0.717, 1.165) is 10.7 Å². The summed E-state index contributed by atoms with van der Waals surface area (Å²) in [6.45, 7) is 14.8. The third kappa shape index (κ3) is 11.1. The van der Waals surface area contributed by atoms with Gasteiger partial charge in [0, 0.05) is 10.7 Å². The molecule has 0 unspecified atom stereocenters. The van der Waals surface area contributed by atoms with E-state index in [2.05, 4.69) is 133 Å². The van der Waals surface area contributed by atoms with Crippen molar-refractivity contribution in [2.24, 2.45) is 0 Å². The average Bonchev–Trinajstić information content (AvgIpc) is 3.03. The van der Waals surface area contributed by atoms with Crippen LogP contribution in [-0.2, 0) is 10.7 Å². The normalized spacial score (nSPS) is 12.2. The van der Waals surface area contributed by atoms with Crippen LogP contribution < -0.4 is 10.4 Å². The Morgan fingerprint density at radius 1 is 0.455 bits per heavy atom. The number of rotatable bonds is 20. The molecule has 0 aliphatic heterocycles. The van der Waals surface area contributed by atoms with Crippen molar-refractivity contribution in [1.82, 2.24) is 0 Å². The highest BCUT2D eigenvalue weighted by Crippen LogP contribution is 2.35. The highest BCUT2D eigenvalue weighted by atomic mass is 79.9. The summed E-state index contributed by atoms with van der Waals surface area (Å²) < 4.78 is 0. The molecule has 3 aromatic rings. The van der Waals surface area contributed by atoms with Gasteiger partial charge in [0.25, 0.3) is 0 Å². The number of alkyl halides is 2. The summed E-state index contributed by atoms with van der Waals surface area (Å²) in [7, 11) is -2.82. The van der Waals surface area contributed by atoms with E-state index in [1.54, 1.807) is 10.4 Å². The summed E-state index contributed by atoms with van der Waals surface area (Å²) in [6, 6.07) is 26.9. The fourth-order valence-electron chi connectivity index (χ4n) is 6.63. The maximum atomic E-state index is 3.84. The van der Waals surface area contributed by atoms with Crippen molar-refractivity contribution in [1.29, 1.82) is 0 Å². The molecule has 0 fully saturated rings. The standard InChI is InChI=1S/C40H60Br2Si2/c1-7-9-11-13-15-17-27-43(3,4)37-23-19-33(20-24-37)39-29-36(32-42)40(30-35(39)31-41)34-21-25-38(26-22-34)44(5,6)28-18-16-14-12-10-8-2/h19-26,29-30H,7-18,27-28,31-32H2,1-6H3. The quantitative estimate of drug-likeness (QED) is 0.0612. The number of unbranched alkanes of at least 4 members (excludes halogenated alkanes) is 10. The number of halogens is 2. The molecule has 242 valence electrons. The van der Waals surface area contributed by atoms with Crippen LogP contribution in [-0.4, -0.2) is 16.1 Å². The minimum atomic E-state index is -1.41. The van der Waals surface area contributed by atoms with Crippen LogP contribution in [0.3, 0.4) is 0 Å². The lowest BCUT2D eigenvalue weighted by Crippen LogP contribution is -2.40. The van der Waals surface area contributed by atoms with Crippen LogP contribution in [0.15, 0.2) is 60.7 Å². The molecule has 0 saturated carbocycles. The highest BCUT2D eigenvalue weighted by Gasteiger charge is 2.24. The van der Waals surface area contributed by atoms with Crippen LogP contribution in [0.1, 0.15) is 102 Å². The van der Waals surface area contributed by atoms with E-state index in [9.17, 15) is 0 Å². The second-order valence-corrected chi connectivity index (χ2v) is 25.2. The van der Waals surface area contributed by atoms with Gasteiger partial charge in [-0.25, -0.2) is 0 Å². The summed E-state index contributed by atoms with van der Waals surface area (Å²) in [5.41, 5.74) is 8.10. The van der Waals surface area contributed by atoms with Crippen molar-refractivity contribution in [3.8, 4) is 22.3 Å². The van der Waals surface area contributed by atoms with E-state index >= 15 is 0 Å². The van der Waals surface area contributed by atoms with Crippen LogP contribution in [0.25, 0.3) is 22.3 Å². The second-order valence-electron chi connectivity index (χ2n) is 14.4. The van der Waals surface area contributed by atoms with Crippen molar-refractivity contribution >= 4 is 58.4 Å². The van der Waals surface area contributed by atoms with Gasteiger partial charge in [0.05, 0.1) is 16.1 Å². The van der Waals surface area contributed by atoms with Crippen molar-refractivity contribution in [3.63, 3.8) is 0 Å². The number of hydrogen-bond acceptors (Lipinski definition) is 0. The molecule has 0 bridgehead atoms. The van der Waals surface area contributed by atoms with Crippen molar-refractivity contribution < 1.29 is 0 Å². The van der Waals surface area contributed by atoms with Crippen LogP contribution in [0.2, 0.25) is 38.3 Å². The van der Waals surface area contributed by atoms with Gasteiger partial charge in [-0.15, -0.1) is 0 Å². The molecule has 0 heterocycles. The first-order chi connectivity index (χ1) is 21.2. The molecule has 0 spiro atoms. The first-order valence-corrected chi connectivity index (χ1v) is 26.3. The lowest BCUT2D eigenvalue weighted by Gasteiger charge is -2.24. The zero-order chi connectivity index (χ0) is 32.0. The summed E-state index contributed by atoms with van der Waals surface area (Å²) in [5.74, 6) is 0. The van der Waals surface area contributed by atoms with Crippen LogP contribution in [0, 0.1) is 0 Å². The average molecular weight is 757 g/mol. The Hall–Kier alpha value is -0.946. The Morgan fingerprint density at radius 2 is 0.773 bits per heavy atom. The van der Waals surface area contributed by atoms with Crippen LogP contribution in [0.4, 0.5) is 0 Å². The Bertz CT molecular complexity index is 1150. The van der Waals surface area contributed by atoms with Gasteiger partial charge in [0.2, 0.25) is 0 Å². The van der Waals surface area contributed by atoms with Gasteiger partial charge in [-0.2, -0.15) is 0 Å². The summed E-state index contributed by atoms with van der Waals surface area (Å²) in [6.07, 6.45) is 16.6. The molecule has 3 aromatic carbocycles. The van der Waals surface area contributed by atoms with Gasteiger partial charge < -0.3 is 0 Å². The predicted octanol–water partition coefficient (Wildman–Crippen LogP) is 13.4. The van der Waals surface area contributed by atoms with E-state index < -0.39 is 16.1 Å². The smallest absolute Gasteiger partial charge is 0.0806 e. The van der Waals surface area contributed by atoms with Gasteiger partial charge in [-0.1, -0.05) is 220 Å². The lowest BCUT2D eigenvalue weighted by atomic mass is 9.92. The molecule has 4 heteroatoms. The maximum absolute atomic E-state index is 3.84. The van der Waals surface area contributed by atoms with E-state index in [0.29, 0.717) is 0 Å². The fourth-order valence-corrected chi connectivity index (χ4v) is 12.5. The molecule has 44 heavy (non-hydrogen) atoms. The van der Waals surface area contributed by atoms with Gasteiger partial charge in [0.15, 0.2) is 0 Å². The fraction of sp³-hybridized carbons (Fsp3) is 0.550. The zero-order valence-electron chi connectivity index (χ0n) is 28.8. The molecule has 0 aromatic heterocycles. The zero-order valence-corrected chi connectivity index (χ0v) is 34.0. The van der Waals surface area contributed by atoms with E-state index in [4.69, 9.17) is 0 Å². The molecule has 0 aliphatic rings. The molecule has 0 N–H and O–H groups in total. The first-order valence-electron chi connectivity index (χ1n) is 17.7. The topological polar surface area (TPSA) is 0 Å². The molecular weight excluding hydrogens is 696 g/mol. The third-order valence-corrected chi connectivity index (χ3v) is 18.1. The summed E-state index contributed by atoms with van der Waals surface area (Å²) in [5, 5.41) is 4.90. The van der Waals surface area contributed by atoms with Gasteiger partial charge >= 0.3 is 0 Å². The predicted molar refractivity (Wildman–Crippen MR) is 213 cm³/mol. The van der Waals surface area contributed by atoms with Crippen LogP contribution in [0.5, 0.6) is 0 Å². The number of benzene rings is 3. The minimum Gasteiger partial charge on any atom is -0.0876 e. The monoisotopic (exact) mass is 754 g/mol. The second kappa shape index (κ2) is 19.0. The Balaban J connectivity index is 1.74. The molecule has 0 nitrogen and oxygen atoms in total. The summed E-state index contributed by atoms with van der Waals surface area (Å²) in [4.78, 5) is 0. The Kier molecular flexibility index (Phi) is 16.2. The largest absolute Gasteiger partial charge is 0.0876 e. The molecule has 0 atom stereocenters. The first kappa shape index (κ1) is 37.5. The van der Waals surface area contributed by atoms with Crippen molar-refractivity contribution in [3.05, 3.63) is 71.8 Å². The van der Waals surface area contributed by atoms with Crippen molar-refractivity contribution in [2.75, 3.05) is 0 Å². The molecular formula is C40H60Br2Si2. The molecule has 0 amide bonds. The van der Waals surface area contributed by atoms with Crippen LogP contribution >= 0.6 is 31.9 Å². The molecule has 0 saturated heterocycles. The lowest BCUT2D eigenvalue weighted by molar-refractivity contribution is 0.623. The number of hydrogen-bond donors (Lipinski definition) is 0. The third-order valence-electron chi connectivity index (χ3n) is 9.88. The molecule has 3 rings (SSSR count). The molecule has 0 aliphatic carbocycles. The van der Waals surface area contributed by atoms with Gasteiger partial charge in [-0.05, 0) is 45.5 Å². The minimum absolute atomic E-state index is 0.855. The van der Waals surface area contributed by atoms with E-state index in [1.807, 2.05) is 0 Å². The molecule has 0 radical (unpaired) electrons. The van der Waals surface area contributed by atoms with Gasteiger partial charge in [-0.3, -0.25) is 0 Å². The van der Waals surface area contributed by atoms with Gasteiger partial charge in [0.1, 0.15) is 0 Å². The van der Waals surface area contributed by atoms with E-state index in [1.165, 1.54) is 123 Å². The SMILES string of the molecule is CCCCCCCC[Si](C)(C)c1ccc(-c2cc(CBr)c(-c3ccc([Si](C)(C)CCCCCCCC)cc3)cc2CBr)cc1. The Morgan fingerprint density at radius 3 is 1.09 bits per heavy atom. The highest BCUT2D eigenvalue weighted by molar-refractivity contribution is 9.08. The Labute approximate surface area is 290 Å². The maximum Gasteiger partial charge on any atom is 0.0806 e. The van der Waals surface area contributed by atoms with Crippen molar-refractivity contribution in [2.45, 2.75) is 140 Å². The summed E-state index contributed by atoms with van der Waals surface area (Å²) >= 11 is 7.68. The van der Waals surface area contributed by atoms with E-state index in [-0.39, 0.29) is 0 Å².